The highest BCUT2D eigenvalue weighted by Gasteiger charge is 2.72. The number of carboxylic acid groups (broad SMARTS) is 1. The number of carbonyl (C=O) groups excluding carboxylic acids is 1. The molecule has 6 heteroatoms. The summed E-state index contributed by atoms with van der Waals surface area (Å²) in [7, 11) is 0. The second kappa shape index (κ2) is 8.03. The Bertz CT molecular complexity index is 963. The maximum Gasteiger partial charge on any atom is 0.0878 e. The first-order valence-corrected chi connectivity index (χ1v) is 14.2. The van der Waals surface area contributed by atoms with Crippen molar-refractivity contribution in [3.8, 4) is 0 Å². The van der Waals surface area contributed by atoms with Gasteiger partial charge in [0, 0.05) is 22.7 Å². The molecule has 0 bridgehead atoms. The van der Waals surface area contributed by atoms with E-state index < -0.39 is 40.5 Å². The number of rotatable bonds is 2. The van der Waals surface area contributed by atoms with E-state index in [-0.39, 0.29) is 41.1 Å². The summed E-state index contributed by atoms with van der Waals surface area (Å²) < 4.78 is 0. The van der Waals surface area contributed by atoms with Crippen molar-refractivity contribution in [1.29, 1.82) is 0 Å². The molecule has 0 amide bonds. The van der Waals surface area contributed by atoms with Crippen molar-refractivity contribution in [1.82, 2.24) is 0 Å². The average molecular weight is 504 g/mol. The van der Waals surface area contributed by atoms with Crippen LogP contribution in [0.25, 0.3) is 0 Å². The summed E-state index contributed by atoms with van der Waals surface area (Å²) in [6.07, 6.45) is 4.13. The Labute approximate surface area is 216 Å². The van der Waals surface area contributed by atoms with Gasteiger partial charge in [0.15, 0.2) is 0 Å². The quantitative estimate of drug-likeness (QED) is 0.430. The third-order valence-corrected chi connectivity index (χ3v) is 13.4. The standard InChI is InChI=1S/C30H48O6/c1-16-9-10-30(25(35)36)12-11-28(5)18(22(30)17(16)2)7-8-21-26(3)13-20(33)24(34)27(4,15-31)23(26)19(32)14-29(21,28)6/h7,16-17,19-24,31-34H,8-15H2,1-6H3,(H,35,36)/p-1/t16-,17+,19-,20-,21-,22+,23-,24+,26-,27+,28-,29-,30+/m1/s1. The molecule has 4 N–H and O–H groups in total. The largest absolute Gasteiger partial charge is 0.550 e. The number of carbonyl (C=O) groups is 1. The van der Waals surface area contributed by atoms with E-state index in [0.29, 0.717) is 31.6 Å². The Morgan fingerprint density at radius 2 is 1.69 bits per heavy atom. The number of aliphatic hydroxyl groups excluding tert-OH is 4. The van der Waals surface area contributed by atoms with Crippen LogP contribution in [0.4, 0.5) is 0 Å². The van der Waals surface area contributed by atoms with Gasteiger partial charge in [-0.1, -0.05) is 53.2 Å². The van der Waals surface area contributed by atoms with Crippen molar-refractivity contribution in [2.45, 2.75) is 105 Å². The molecule has 4 fully saturated rings. The Hall–Kier alpha value is -0.950. The molecule has 0 spiro atoms. The number of hydrogen-bond donors (Lipinski definition) is 4. The number of aliphatic carboxylic acids is 1. The van der Waals surface area contributed by atoms with Gasteiger partial charge >= 0.3 is 0 Å². The molecule has 0 radical (unpaired) electrons. The predicted molar refractivity (Wildman–Crippen MR) is 134 cm³/mol. The number of hydrogen-bond acceptors (Lipinski definition) is 6. The van der Waals surface area contributed by atoms with Gasteiger partial charge < -0.3 is 30.3 Å². The lowest BCUT2D eigenvalue weighted by atomic mass is 9.32. The highest BCUT2D eigenvalue weighted by Crippen LogP contribution is 2.75. The summed E-state index contributed by atoms with van der Waals surface area (Å²) in [6.45, 7) is 12.7. The average Bonchev–Trinajstić information content (AvgIpc) is 2.80. The van der Waals surface area contributed by atoms with E-state index in [2.05, 4.69) is 40.7 Å². The van der Waals surface area contributed by atoms with Gasteiger partial charge in [-0.2, -0.15) is 0 Å². The monoisotopic (exact) mass is 503 g/mol. The minimum absolute atomic E-state index is 0.0630. The third-order valence-electron chi connectivity index (χ3n) is 13.4. The van der Waals surface area contributed by atoms with E-state index in [1.54, 1.807) is 6.92 Å². The summed E-state index contributed by atoms with van der Waals surface area (Å²) in [5, 5.41) is 56.8. The maximum atomic E-state index is 12.7. The first-order valence-electron chi connectivity index (χ1n) is 14.2. The van der Waals surface area contributed by atoms with Crippen LogP contribution in [0.2, 0.25) is 0 Å². The summed E-state index contributed by atoms with van der Waals surface area (Å²) in [5.41, 5.74) is -1.63. The molecule has 0 saturated heterocycles. The molecule has 5 aliphatic rings. The second-order valence-electron chi connectivity index (χ2n) is 14.6. The first kappa shape index (κ1) is 26.6. The van der Waals surface area contributed by atoms with Crippen LogP contribution in [-0.4, -0.2) is 51.3 Å². The van der Waals surface area contributed by atoms with Crippen molar-refractivity contribution in [2.24, 2.45) is 56.7 Å². The molecule has 4 saturated carbocycles. The molecule has 0 aromatic carbocycles. The van der Waals surface area contributed by atoms with Gasteiger partial charge in [-0.3, -0.25) is 0 Å². The fraction of sp³-hybridized carbons (Fsp3) is 0.900. The van der Waals surface area contributed by atoms with Crippen LogP contribution >= 0.6 is 0 Å². The van der Waals surface area contributed by atoms with Gasteiger partial charge in [0.05, 0.1) is 24.9 Å². The smallest absolute Gasteiger partial charge is 0.0878 e. The molecule has 0 aliphatic heterocycles. The van der Waals surface area contributed by atoms with Crippen molar-refractivity contribution in [2.75, 3.05) is 6.61 Å². The van der Waals surface area contributed by atoms with Crippen LogP contribution in [-0.2, 0) is 4.79 Å². The molecule has 0 heterocycles. The van der Waals surface area contributed by atoms with Gasteiger partial charge in [0.25, 0.3) is 0 Å². The summed E-state index contributed by atoms with van der Waals surface area (Å²) >= 11 is 0. The normalized spacial score (nSPS) is 58.6. The fourth-order valence-electron chi connectivity index (χ4n) is 11.2. The number of aliphatic hydroxyl groups is 4. The van der Waals surface area contributed by atoms with E-state index in [1.165, 1.54) is 5.57 Å². The molecule has 5 aliphatic carbocycles. The van der Waals surface area contributed by atoms with Crippen LogP contribution < -0.4 is 5.11 Å². The van der Waals surface area contributed by atoms with Crippen LogP contribution in [0, 0.1) is 56.7 Å². The summed E-state index contributed by atoms with van der Waals surface area (Å²) in [4.78, 5) is 12.7. The Kier molecular flexibility index (Phi) is 5.95. The zero-order valence-electron chi connectivity index (χ0n) is 23.0. The zero-order chi connectivity index (χ0) is 26.6. The van der Waals surface area contributed by atoms with Gasteiger partial charge in [-0.25, -0.2) is 0 Å². The Balaban J connectivity index is 1.65. The number of fused-ring (bicyclic) bond motifs is 7. The maximum absolute atomic E-state index is 12.7. The minimum Gasteiger partial charge on any atom is -0.550 e. The lowest BCUT2D eigenvalue weighted by molar-refractivity contribution is -0.328. The third kappa shape index (κ3) is 2.96. The van der Waals surface area contributed by atoms with E-state index >= 15 is 0 Å². The molecule has 13 atom stereocenters. The molecule has 204 valence electrons. The van der Waals surface area contributed by atoms with Crippen molar-refractivity contribution >= 4 is 5.97 Å². The van der Waals surface area contributed by atoms with Gasteiger partial charge in [0.1, 0.15) is 0 Å². The molecular formula is C30H47O6-. The first-order chi connectivity index (χ1) is 16.6. The molecule has 36 heavy (non-hydrogen) atoms. The highest BCUT2D eigenvalue weighted by molar-refractivity contribution is 5.74. The molecule has 0 unspecified atom stereocenters. The number of carboxylic acids is 1. The lowest BCUT2D eigenvalue weighted by Crippen LogP contribution is -2.71. The number of allylic oxidation sites excluding steroid dienone is 2. The molecule has 0 aromatic rings. The van der Waals surface area contributed by atoms with Crippen LogP contribution in [0.1, 0.15) is 86.5 Å². The van der Waals surface area contributed by atoms with Crippen molar-refractivity contribution in [3.05, 3.63) is 11.6 Å². The Morgan fingerprint density at radius 3 is 2.31 bits per heavy atom. The molecule has 0 aromatic heterocycles. The van der Waals surface area contributed by atoms with Gasteiger partial charge in [-0.05, 0) is 84.9 Å². The zero-order valence-corrected chi connectivity index (χ0v) is 23.0. The summed E-state index contributed by atoms with van der Waals surface area (Å²) in [5.74, 6) is -0.497. The van der Waals surface area contributed by atoms with Crippen LogP contribution in [0.15, 0.2) is 11.6 Å². The van der Waals surface area contributed by atoms with E-state index in [1.807, 2.05) is 0 Å². The topological polar surface area (TPSA) is 121 Å². The SMILES string of the molecule is C[C@H]1[C@H](C)CC[C@]2(C(=O)[O-])CC[C@]3(C)C(=CC[C@@H]4[C@@]5(C)C[C@@H](O)[C@H](O)[C@@](C)(CO)[C@@H]5[C@H](O)C[C@]43C)[C@H]12. The molecule has 6 nitrogen and oxygen atoms in total. The molecule has 5 rings (SSSR count). The fourth-order valence-corrected chi connectivity index (χ4v) is 11.2. The highest BCUT2D eigenvalue weighted by atomic mass is 16.4. The Morgan fingerprint density at radius 1 is 1.03 bits per heavy atom. The van der Waals surface area contributed by atoms with Crippen molar-refractivity contribution < 1.29 is 30.3 Å². The minimum atomic E-state index is -1.09. The lowest BCUT2D eigenvalue weighted by Gasteiger charge is -2.72. The summed E-state index contributed by atoms with van der Waals surface area (Å²) in [6, 6.07) is 0. The van der Waals surface area contributed by atoms with Crippen LogP contribution in [0.3, 0.4) is 0 Å². The van der Waals surface area contributed by atoms with E-state index in [9.17, 15) is 30.3 Å². The predicted octanol–water partition coefficient (Wildman–Crippen LogP) is 2.67. The van der Waals surface area contributed by atoms with Gasteiger partial charge in [0.2, 0.25) is 0 Å². The van der Waals surface area contributed by atoms with E-state index in [0.717, 1.165) is 19.3 Å². The van der Waals surface area contributed by atoms with Crippen molar-refractivity contribution in [3.63, 3.8) is 0 Å². The van der Waals surface area contributed by atoms with E-state index in [4.69, 9.17) is 0 Å². The molecular weight excluding hydrogens is 456 g/mol. The van der Waals surface area contributed by atoms with Crippen LogP contribution in [0.5, 0.6) is 0 Å². The van der Waals surface area contributed by atoms with Gasteiger partial charge in [-0.15, -0.1) is 0 Å². The second-order valence-corrected chi connectivity index (χ2v) is 14.6.